The number of aryl methyl sites for hydroxylation is 1. The van der Waals surface area contributed by atoms with Crippen molar-refractivity contribution in [3.05, 3.63) is 28.4 Å². The number of H-pyrrole nitrogens is 1. The average Bonchev–Trinajstić information content (AvgIpc) is 2.53. The van der Waals surface area contributed by atoms with Gasteiger partial charge in [0.25, 0.3) is 0 Å². The molecule has 2 nitrogen and oxygen atoms in total. The highest BCUT2D eigenvalue weighted by Crippen LogP contribution is 2.22. The highest BCUT2D eigenvalue weighted by molar-refractivity contribution is 9.10. The van der Waals surface area contributed by atoms with Gasteiger partial charge in [-0.05, 0) is 28.9 Å². The van der Waals surface area contributed by atoms with Crippen LogP contribution in [0.15, 0.2) is 22.7 Å². The SMILES string of the molecule is CC.Cc1[nH]nc2c(Br)cccc12. The molecule has 1 aromatic carbocycles. The van der Waals surface area contributed by atoms with E-state index in [0.29, 0.717) is 0 Å². The fourth-order valence-corrected chi connectivity index (χ4v) is 1.59. The van der Waals surface area contributed by atoms with Crippen molar-refractivity contribution in [3.63, 3.8) is 0 Å². The van der Waals surface area contributed by atoms with E-state index in [0.717, 1.165) is 15.7 Å². The van der Waals surface area contributed by atoms with Gasteiger partial charge in [-0.2, -0.15) is 5.10 Å². The summed E-state index contributed by atoms with van der Waals surface area (Å²) in [4.78, 5) is 0. The van der Waals surface area contributed by atoms with Crippen LogP contribution in [0.5, 0.6) is 0 Å². The summed E-state index contributed by atoms with van der Waals surface area (Å²) in [6.45, 7) is 6.02. The number of rotatable bonds is 0. The minimum Gasteiger partial charge on any atom is -0.282 e. The first-order chi connectivity index (χ1) is 6.29. The van der Waals surface area contributed by atoms with Gasteiger partial charge in [0.2, 0.25) is 0 Å². The zero-order chi connectivity index (χ0) is 9.84. The van der Waals surface area contributed by atoms with Crippen molar-refractivity contribution in [3.8, 4) is 0 Å². The second-order valence-corrected chi connectivity index (χ2v) is 3.34. The predicted octanol–water partition coefficient (Wildman–Crippen LogP) is 3.66. The van der Waals surface area contributed by atoms with Crippen molar-refractivity contribution < 1.29 is 0 Å². The largest absolute Gasteiger partial charge is 0.282 e. The molecule has 2 aromatic rings. The summed E-state index contributed by atoms with van der Waals surface area (Å²) in [6, 6.07) is 6.05. The normalized spacial score (nSPS) is 9.54. The number of hydrogen-bond acceptors (Lipinski definition) is 1. The topological polar surface area (TPSA) is 28.7 Å². The van der Waals surface area contributed by atoms with Crippen molar-refractivity contribution >= 4 is 26.8 Å². The monoisotopic (exact) mass is 240 g/mol. The minimum atomic E-state index is 1.00. The van der Waals surface area contributed by atoms with Crippen LogP contribution >= 0.6 is 15.9 Å². The number of hydrogen-bond donors (Lipinski definition) is 1. The Hall–Kier alpha value is -0.830. The van der Waals surface area contributed by atoms with E-state index in [1.807, 2.05) is 32.9 Å². The van der Waals surface area contributed by atoms with E-state index < -0.39 is 0 Å². The molecule has 0 aliphatic carbocycles. The number of halogens is 1. The Kier molecular flexibility index (Phi) is 3.48. The molecule has 0 unspecified atom stereocenters. The van der Waals surface area contributed by atoms with Gasteiger partial charge in [-0.3, -0.25) is 5.10 Å². The van der Waals surface area contributed by atoms with E-state index >= 15 is 0 Å². The van der Waals surface area contributed by atoms with Crippen molar-refractivity contribution in [2.75, 3.05) is 0 Å². The number of nitrogens with zero attached hydrogens (tertiary/aromatic N) is 1. The number of benzene rings is 1. The smallest absolute Gasteiger partial charge is 0.106 e. The Morgan fingerprint density at radius 1 is 1.31 bits per heavy atom. The molecule has 2 rings (SSSR count). The van der Waals surface area contributed by atoms with Crippen LogP contribution in [0.2, 0.25) is 0 Å². The Labute approximate surface area is 86.5 Å². The van der Waals surface area contributed by atoms with Crippen LogP contribution in [0.4, 0.5) is 0 Å². The van der Waals surface area contributed by atoms with Gasteiger partial charge in [-0.25, -0.2) is 0 Å². The van der Waals surface area contributed by atoms with Gasteiger partial charge in [0.05, 0.1) is 0 Å². The third kappa shape index (κ3) is 1.91. The van der Waals surface area contributed by atoms with Crippen molar-refractivity contribution in [1.29, 1.82) is 0 Å². The lowest BCUT2D eigenvalue weighted by Crippen LogP contribution is -1.69. The molecular weight excluding hydrogens is 228 g/mol. The van der Waals surface area contributed by atoms with Gasteiger partial charge in [-0.1, -0.05) is 26.0 Å². The first-order valence-corrected chi connectivity index (χ1v) is 5.17. The Morgan fingerprint density at radius 3 is 2.62 bits per heavy atom. The second kappa shape index (κ2) is 4.42. The number of aromatic nitrogens is 2. The second-order valence-electron chi connectivity index (χ2n) is 2.48. The molecule has 0 aliphatic rings. The summed E-state index contributed by atoms with van der Waals surface area (Å²) < 4.78 is 1.04. The van der Waals surface area contributed by atoms with E-state index in [1.54, 1.807) is 0 Å². The lowest BCUT2D eigenvalue weighted by molar-refractivity contribution is 1.07. The van der Waals surface area contributed by atoms with E-state index in [2.05, 4.69) is 32.2 Å². The van der Waals surface area contributed by atoms with Gasteiger partial charge in [0.15, 0.2) is 0 Å². The predicted molar refractivity (Wildman–Crippen MR) is 59.9 cm³/mol. The lowest BCUT2D eigenvalue weighted by Gasteiger charge is -1.90. The van der Waals surface area contributed by atoms with Crippen LogP contribution in [0.1, 0.15) is 19.5 Å². The maximum Gasteiger partial charge on any atom is 0.106 e. The molecule has 13 heavy (non-hydrogen) atoms. The molecule has 0 aliphatic heterocycles. The molecule has 1 heterocycles. The summed E-state index contributed by atoms with van der Waals surface area (Å²) >= 11 is 3.43. The van der Waals surface area contributed by atoms with Crippen LogP contribution in [0, 0.1) is 6.92 Å². The van der Waals surface area contributed by atoms with E-state index in [-0.39, 0.29) is 0 Å². The standard InChI is InChI=1S/C8H7BrN2.C2H6/c1-5-6-3-2-4-7(9)8(6)11-10-5;1-2/h2-4H,1H3,(H,10,11);1-2H3. The highest BCUT2D eigenvalue weighted by Gasteiger charge is 2.02. The molecule has 3 heteroatoms. The summed E-state index contributed by atoms with van der Waals surface area (Å²) in [7, 11) is 0. The molecule has 0 saturated carbocycles. The molecule has 0 atom stereocenters. The summed E-state index contributed by atoms with van der Waals surface area (Å²) in [5.74, 6) is 0. The molecule has 0 bridgehead atoms. The number of nitrogens with one attached hydrogen (secondary N) is 1. The molecular formula is C10H13BrN2. The third-order valence-corrected chi connectivity index (χ3v) is 2.37. The Balaban J connectivity index is 0.000000396. The van der Waals surface area contributed by atoms with E-state index in [4.69, 9.17) is 0 Å². The molecule has 1 aromatic heterocycles. The first kappa shape index (κ1) is 10.3. The summed E-state index contributed by atoms with van der Waals surface area (Å²) in [5, 5.41) is 8.26. The van der Waals surface area contributed by atoms with Gasteiger partial charge >= 0.3 is 0 Å². The van der Waals surface area contributed by atoms with Crippen LogP contribution in [0.3, 0.4) is 0 Å². The lowest BCUT2D eigenvalue weighted by atomic mass is 10.2. The molecule has 0 fully saturated rings. The molecule has 0 saturated heterocycles. The Morgan fingerprint density at radius 2 is 2.00 bits per heavy atom. The van der Waals surface area contributed by atoms with Crippen LogP contribution in [-0.4, -0.2) is 10.2 Å². The van der Waals surface area contributed by atoms with Crippen LogP contribution in [-0.2, 0) is 0 Å². The summed E-state index contributed by atoms with van der Waals surface area (Å²) in [6.07, 6.45) is 0. The van der Waals surface area contributed by atoms with Crippen LogP contribution < -0.4 is 0 Å². The third-order valence-electron chi connectivity index (χ3n) is 1.73. The van der Waals surface area contributed by atoms with Gasteiger partial charge in [0.1, 0.15) is 5.52 Å². The highest BCUT2D eigenvalue weighted by atomic mass is 79.9. The van der Waals surface area contributed by atoms with E-state index in [1.165, 1.54) is 5.39 Å². The maximum absolute atomic E-state index is 4.15. The first-order valence-electron chi connectivity index (χ1n) is 4.38. The molecule has 0 amide bonds. The van der Waals surface area contributed by atoms with Gasteiger partial charge in [-0.15, -0.1) is 0 Å². The molecule has 70 valence electrons. The fraction of sp³-hybridized carbons (Fsp3) is 0.300. The number of fused-ring (bicyclic) bond motifs is 1. The molecule has 0 spiro atoms. The van der Waals surface area contributed by atoms with E-state index in [9.17, 15) is 0 Å². The average molecular weight is 241 g/mol. The minimum absolute atomic E-state index is 1.00. The van der Waals surface area contributed by atoms with Gasteiger partial charge < -0.3 is 0 Å². The maximum atomic E-state index is 4.15. The number of para-hydroxylation sites is 1. The Bertz CT molecular complexity index is 393. The zero-order valence-electron chi connectivity index (χ0n) is 8.06. The summed E-state index contributed by atoms with van der Waals surface area (Å²) in [5.41, 5.74) is 2.12. The number of aromatic amines is 1. The van der Waals surface area contributed by atoms with Crippen molar-refractivity contribution in [1.82, 2.24) is 10.2 Å². The van der Waals surface area contributed by atoms with Crippen LogP contribution in [0.25, 0.3) is 10.9 Å². The fourth-order valence-electron chi connectivity index (χ4n) is 1.13. The van der Waals surface area contributed by atoms with Gasteiger partial charge in [0, 0.05) is 15.6 Å². The zero-order valence-corrected chi connectivity index (χ0v) is 9.64. The van der Waals surface area contributed by atoms with Crippen molar-refractivity contribution in [2.24, 2.45) is 0 Å². The quantitative estimate of drug-likeness (QED) is 0.749. The molecule has 0 radical (unpaired) electrons. The van der Waals surface area contributed by atoms with Crippen molar-refractivity contribution in [2.45, 2.75) is 20.8 Å². The molecule has 1 N–H and O–H groups in total.